The summed E-state index contributed by atoms with van der Waals surface area (Å²) in [4.78, 5) is 0. The zero-order valence-corrected chi connectivity index (χ0v) is 11.7. The first-order chi connectivity index (χ1) is 3.35. The van der Waals surface area contributed by atoms with Crippen LogP contribution in [0.1, 0.15) is 0 Å². The number of hydrogen-bond donors (Lipinski definition) is 0. The summed E-state index contributed by atoms with van der Waals surface area (Å²) in [6.45, 7) is 0. The van der Waals surface area contributed by atoms with Gasteiger partial charge in [0.25, 0.3) is 0 Å². The van der Waals surface area contributed by atoms with Crippen LogP contribution in [0.3, 0.4) is 0 Å². The van der Waals surface area contributed by atoms with Crippen LogP contribution >= 0.6 is 0 Å². The molecule has 4 heteroatoms. The molecule has 0 bridgehead atoms. The molecule has 0 heterocycles. The molecule has 0 fully saturated rings. The summed E-state index contributed by atoms with van der Waals surface area (Å²) in [7, 11) is -0.0417. The van der Waals surface area contributed by atoms with Gasteiger partial charge in [0.15, 0.2) is 0 Å². The van der Waals surface area contributed by atoms with Gasteiger partial charge in [-0.05, 0) is 0 Å². The van der Waals surface area contributed by atoms with E-state index in [1.165, 1.54) is 0 Å². The van der Waals surface area contributed by atoms with Gasteiger partial charge < -0.3 is 0 Å². The van der Waals surface area contributed by atoms with Crippen LogP contribution in [0.25, 0.3) is 0 Å². The summed E-state index contributed by atoms with van der Waals surface area (Å²) in [5.41, 5.74) is 0. The van der Waals surface area contributed by atoms with Crippen molar-refractivity contribution in [3.05, 3.63) is 0 Å². The Labute approximate surface area is 64.6 Å². The predicted molar refractivity (Wildman–Crippen MR) is 40.6 cm³/mol. The van der Waals surface area contributed by atoms with Gasteiger partial charge >= 0.3 is 65.3 Å². The van der Waals surface area contributed by atoms with Gasteiger partial charge in [0.1, 0.15) is 0 Å². The quantitative estimate of drug-likeness (QED) is 0.635. The first-order valence-corrected chi connectivity index (χ1v) is 21.2. The second-order valence-corrected chi connectivity index (χ2v) is 46.2. The SMILES string of the molecule is C[Se][As]([Se]C)[Se]C. The van der Waals surface area contributed by atoms with Crippen LogP contribution in [-0.4, -0.2) is 47.9 Å². The van der Waals surface area contributed by atoms with Gasteiger partial charge in [-0.25, -0.2) is 0 Å². The third-order valence-electron chi connectivity index (χ3n) is 0.447. The molecule has 0 N–H and O–H groups in total. The summed E-state index contributed by atoms with van der Waals surface area (Å²) >= 11 is 3.28. The van der Waals surface area contributed by atoms with Crippen LogP contribution in [0.2, 0.25) is 17.5 Å². The molecule has 0 aliphatic rings. The summed E-state index contributed by atoms with van der Waals surface area (Å²) < 4.78 is 0. The standard InChI is InChI=1S/C3H9AsSe3/c1-5-4(6-2)7-3/h1-3H3. The van der Waals surface area contributed by atoms with Crippen molar-refractivity contribution in [3.8, 4) is 0 Å². The minimum absolute atomic E-state index is 0.0417. The average molecular weight is 357 g/mol. The second kappa shape index (κ2) is 6.24. The fraction of sp³-hybridized carbons (Fsp3) is 1.00. The maximum atomic E-state index is 2.42. The van der Waals surface area contributed by atoms with Crippen molar-refractivity contribution in [2.45, 2.75) is 17.5 Å². The molecule has 0 aromatic heterocycles. The Morgan fingerprint density at radius 1 is 0.857 bits per heavy atom. The molecule has 0 atom stereocenters. The van der Waals surface area contributed by atoms with Crippen LogP contribution in [0, 0.1) is 0 Å². The van der Waals surface area contributed by atoms with Crippen LogP contribution < -0.4 is 0 Å². The number of rotatable bonds is 3. The van der Waals surface area contributed by atoms with Gasteiger partial charge in [-0.3, -0.25) is 0 Å². The Morgan fingerprint density at radius 2 is 1.14 bits per heavy atom. The van der Waals surface area contributed by atoms with E-state index < -0.39 is 0 Å². The molecule has 0 amide bonds. The average Bonchev–Trinajstić information content (AvgIpc) is 1.72. The molecule has 0 saturated heterocycles. The molecule has 0 aromatic carbocycles. The summed E-state index contributed by atoms with van der Waals surface area (Å²) in [6.07, 6.45) is 0. The van der Waals surface area contributed by atoms with E-state index in [1.54, 1.807) is 0 Å². The summed E-state index contributed by atoms with van der Waals surface area (Å²) in [5.74, 6) is 7.26. The van der Waals surface area contributed by atoms with Gasteiger partial charge in [-0.15, -0.1) is 0 Å². The van der Waals surface area contributed by atoms with E-state index in [2.05, 4.69) is 17.5 Å². The molecule has 0 unspecified atom stereocenters. The molecule has 0 saturated carbocycles. The molecule has 0 nitrogen and oxygen atoms in total. The summed E-state index contributed by atoms with van der Waals surface area (Å²) in [5, 5.41) is 0. The van der Waals surface area contributed by atoms with E-state index >= 15 is 0 Å². The molecule has 0 radical (unpaired) electrons. The Hall–Kier alpha value is 2.12. The van der Waals surface area contributed by atoms with Crippen LogP contribution in [-0.2, 0) is 0 Å². The third kappa shape index (κ3) is 4.61. The molecule has 0 aromatic rings. The van der Waals surface area contributed by atoms with E-state index in [0.29, 0.717) is 0 Å². The molecular formula is C3H9AsSe3. The van der Waals surface area contributed by atoms with Crippen molar-refractivity contribution in [1.29, 1.82) is 0 Å². The van der Waals surface area contributed by atoms with Crippen molar-refractivity contribution in [3.63, 3.8) is 0 Å². The van der Waals surface area contributed by atoms with Gasteiger partial charge in [0.2, 0.25) is 0 Å². The van der Waals surface area contributed by atoms with E-state index in [-0.39, 0.29) is 9.00 Å². The monoisotopic (exact) mass is 360 g/mol. The molecule has 0 spiro atoms. The Balaban J connectivity index is 2.99. The third-order valence-corrected chi connectivity index (χ3v) is 62.7. The topological polar surface area (TPSA) is 0 Å². The first-order valence-electron chi connectivity index (χ1n) is 1.77. The Morgan fingerprint density at radius 3 is 1.14 bits per heavy atom. The Kier molecular flexibility index (Phi) is 8.13. The summed E-state index contributed by atoms with van der Waals surface area (Å²) in [6, 6.07) is 0. The fourth-order valence-electron chi connectivity index (χ4n) is 0.224. The first kappa shape index (κ1) is 9.12. The second-order valence-electron chi connectivity index (χ2n) is 0.771. The van der Waals surface area contributed by atoms with Gasteiger partial charge in [0, 0.05) is 0 Å². The molecule has 44 valence electrons. The fourth-order valence-corrected chi connectivity index (χ4v) is 31.4. The van der Waals surface area contributed by atoms with Gasteiger partial charge in [-0.1, -0.05) is 0 Å². The van der Waals surface area contributed by atoms with E-state index in [1.807, 2.05) is 0 Å². The van der Waals surface area contributed by atoms with E-state index in [4.69, 9.17) is 0 Å². The van der Waals surface area contributed by atoms with Gasteiger partial charge in [-0.2, -0.15) is 0 Å². The Bertz CT molecular complexity index is 31.7. The molecular weight excluding hydrogens is 348 g/mol. The van der Waals surface area contributed by atoms with Crippen LogP contribution in [0.4, 0.5) is 0 Å². The van der Waals surface area contributed by atoms with Crippen molar-refractivity contribution >= 4 is 47.9 Å². The van der Waals surface area contributed by atoms with Crippen molar-refractivity contribution in [1.82, 2.24) is 0 Å². The van der Waals surface area contributed by atoms with E-state index in [9.17, 15) is 0 Å². The van der Waals surface area contributed by atoms with Crippen LogP contribution in [0.15, 0.2) is 0 Å². The maximum absolute atomic E-state index is 2.42. The van der Waals surface area contributed by atoms with Gasteiger partial charge in [0.05, 0.1) is 0 Å². The molecule has 0 rings (SSSR count). The molecule has 7 heavy (non-hydrogen) atoms. The predicted octanol–water partition coefficient (Wildman–Crippen LogP) is 0.228. The normalized spacial score (nSPS) is 10.3. The van der Waals surface area contributed by atoms with Crippen molar-refractivity contribution in [2.75, 3.05) is 0 Å². The molecule has 0 aliphatic heterocycles. The zero-order chi connectivity index (χ0) is 5.70. The number of hydrogen-bond acceptors (Lipinski definition) is 0. The van der Waals surface area contributed by atoms with Crippen molar-refractivity contribution < 1.29 is 0 Å². The minimum atomic E-state index is -0.0417. The zero-order valence-electron chi connectivity index (χ0n) is 4.67. The molecule has 0 aliphatic carbocycles. The van der Waals surface area contributed by atoms with Crippen molar-refractivity contribution in [2.24, 2.45) is 0 Å². The van der Waals surface area contributed by atoms with Crippen LogP contribution in [0.5, 0.6) is 0 Å². The van der Waals surface area contributed by atoms with E-state index in [0.717, 1.165) is 38.9 Å².